The van der Waals surface area contributed by atoms with E-state index in [0.29, 0.717) is 29.9 Å². The maximum atomic E-state index is 13.9. The minimum Gasteiger partial charge on any atom is -0.481 e. The Morgan fingerprint density at radius 1 is 1.18 bits per heavy atom. The number of Topliss-reactive ketones (excluding diaryl/α,β-unsaturated/α-hetero) is 2. The van der Waals surface area contributed by atoms with Gasteiger partial charge >= 0.3 is 5.97 Å². The fraction of sp³-hybridized carbons (Fsp3) is 0.759. The molecule has 0 aliphatic heterocycles. The Balaban J connectivity index is 1.65. The number of aliphatic hydroxyl groups is 1. The fourth-order valence-electron chi connectivity index (χ4n) is 8.48. The summed E-state index contributed by atoms with van der Waals surface area (Å²) in [5.74, 6) is -0.703. The number of carbonyl (C=O) groups is 3. The molecule has 2 fully saturated rings. The van der Waals surface area contributed by atoms with Crippen molar-refractivity contribution >= 4 is 17.5 Å². The van der Waals surface area contributed by atoms with Gasteiger partial charge in [-0.2, -0.15) is 0 Å². The van der Waals surface area contributed by atoms with Gasteiger partial charge in [-0.1, -0.05) is 52.7 Å². The Morgan fingerprint density at radius 3 is 2.50 bits per heavy atom. The maximum absolute atomic E-state index is 13.9. The van der Waals surface area contributed by atoms with Crippen molar-refractivity contribution in [1.29, 1.82) is 0 Å². The Kier molecular flexibility index (Phi) is 6.50. The first kappa shape index (κ1) is 25.3. The van der Waals surface area contributed by atoms with Crippen LogP contribution in [0, 0.1) is 46.3 Å². The highest BCUT2D eigenvalue weighted by Crippen LogP contribution is 2.65. The summed E-state index contributed by atoms with van der Waals surface area (Å²) in [4.78, 5) is 38.8. The quantitative estimate of drug-likeness (QED) is 0.509. The van der Waals surface area contributed by atoms with Crippen LogP contribution in [0.3, 0.4) is 0 Å². The summed E-state index contributed by atoms with van der Waals surface area (Å²) in [6.45, 7) is 14.2. The van der Waals surface area contributed by atoms with E-state index in [1.165, 1.54) is 0 Å². The van der Waals surface area contributed by atoms with Crippen molar-refractivity contribution in [2.45, 2.75) is 92.1 Å². The number of aliphatic carboxylic acids is 1. The van der Waals surface area contributed by atoms with Crippen LogP contribution in [-0.2, 0) is 14.4 Å². The molecule has 5 nitrogen and oxygen atoms in total. The average molecular weight is 471 g/mol. The highest BCUT2D eigenvalue weighted by atomic mass is 16.4. The van der Waals surface area contributed by atoms with E-state index >= 15 is 0 Å². The summed E-state index contributed by atoms with van der Waals surface area (Å²) in [6.07, 6.45) is 5.58. The number of aliphatic hydroxyl groups excluding tert-OH is 1. The molecule has 4 aliphatic rings. The van der Waals surface area contributed by atoms with Gasteiger partial charge in [-0.05, 0) is 68.6 Å². The van der Waals surface area contributed by atoms with Gasteiger partial charge in [0.05, 0.1) is 5.92 Å². The molecule has 0 bridgehead atoms. The number of carbonyl (C=O) groups excluding carboxylic acids is 2. The minimum atomic E-state index is -1.09. The van der Waals surface area contributed by atoms with E-state index in [0.717, 1.165) is 44.1 Å². The average Bonchev–Trinajstić information content (AvgIpc) is 3.13. The minimum absolute atomic E-state index is 0.0775. The molecular weight excluding hydrogens is 428 g/mol. The second-order valence-electron chi connectivity index (χ2n) is 12.4. The maximum Gasteiger partial charge on any atom is 0.310 e. The molecule has 0 amide bonds. The Morgan fingerprint density at radius 2 is 1.85 bits per heavy atom. The van der Waals surface area contributed by atoms with Gasteiger partial charge in [0.15, 0.2) is 11.6 Å². The SMILES string of the molecule is C=C(CC[C@@H](C)[C@H]1CCC2C3=C(C(=O)[C@H](O)[C@@]21C)[C@@]1(C)CCC[C@@H](C)C1CC3=O)[C@@H](C)C(=O)O. The number of hydrogen-bond donors (Lipinski definition) is 2. The zero-order chi connectivity index (χ0) is 25.2. The lowest BCUT2D eigenvalue weighted by Crippen LogP contribution is -2.57. The molecule has 0 saturated heterocycles. The highest BCUT2D eigenvalue weighted by molar-refractivity contribution is 6.12. The first-order chi connectivity index (χ1) is 15.9. The summed E-state index contributed by atoms with van der Waals surface area (Å²) in [5.41, 5.74) is 1.16. The molecule has 188 valence electrons. The number of rotatable bonds is 6. The van der Waals surface area contributed by atoms with Crippen molar-refractivity contribution in [3.63, 3.8) is 0 Å². The van der Waals surface area contributed by atoms with Gasteiger partial charge in [-0.25, -0.2) is 0 Å². The number of carboxylic acids is 1. The van der Waals surface area contributed by atoms with Crippen LogP contribution >= 0.6 is 0 Å². The van der Waals surface area contributed by atoms with Crippen molar-refractivity contribution in [3.8, 4) is 0 Å². The topological polar surface area (TPSA) is 91.7 Å². The molecule has 5 heteroatoms. The van der Waals surface area contributed by atoms with E-state index in [1.807, 2.05) is 6.92 Å². The van der Waals surface area contributed by atoms with E-state index in [1.54, 1.807) is 6.92 Å². The first-order valence-electron chi connectivity index (χ1n) is 13.3. The van der Waals surface area contributed by atoms with Gasteiger partial charge in [0, 0.05) is 28.4 Å². The van der Waals surface area contributed by atoms with Gasteiger partial charge in [0.25, 0.3) is 0 Å². The van der Waals surface area contributed by atoms with Crippen LogP contribution in [0.25, 0.3) is 0 Å². The number of hydrogen-bond acceptors (Lipinski definition) is 4. The summed E-state index contributed by atoms with van der Waals surface area (Å²) in [6, 6.07) is 0. The molecule has 2 saturated carbocycles. The lowest BCUT2D eigenvalue weighted by Gasteiger charge is -2.55. The molecule has 0 aromatic rings. The molecular formula is C29H42O5. The second-order valence-corrected chi connectivity index (χ2v) is 12.4. The molecule has 0 spiro atoms. The van der Waals surface area contributed by atoms with Gasteiger partial charge in [-0.15, -0.1) is 0 Å². The molecule has 0 aromatic heterocycles. The molecule has 2 unspecified atom stereocenters. The van der Waals surface area contributed by atoms with Crippen molar-refractivity contribution in [2.75, 3.05) is 0 Å². The standard InChI is InChI=1S/C29H42O5/c1-15(18(4)27(33)34)9-10-17(3)19-11-12-20-23-22(30)14-21-16(2)8-7-13-28(21,5)24(23)25(31)26(32)29(19,20)6/h16-21,26,32H,1,7-14H2,2-6H3,(H,33,34)/t16-,17-,18-,19-,20?,21?,26+,28+,29-/m1/s1. The van der Waals surface area contributed by atoms with Gasteiger partial charge in [-0.3, -0.25) is 14.4 Å². The Hall–Kier alpha value is -1.75. The summed E-state index contributed by atoms with van der Waals surface area (Å²) < 4.78 is 0. The van der Waals surface area contributed by atoms with E-state index < -0.39 is 23.4 Å². The van der Waals surface area contributed by atoms with Crippen molar-refractivity contribution in [1.82, 2.24) is 0 Å². The predicted molar refractivity (Wildman–Crippen MR) is 131 cm³/mol. The lowest BCUT2D eigenvalue weighted by atomic mass is 9.48. The Bertz CT molecular complexity index is 946. The fourth-order valence-corrected chi connectivity index (χ4v) is 8.48. The van der Waals surface area contributed by atoms with E-state index in [4.69, 9.17) is 0 Å². The number of allylic oxidation sites excluding steroid dienone is 1. The summed E-state index contributed by atoms with van der Waals surface area (Å²) in [5, 5.41) is 20.8. The van der Waals surface area contributed by atoms with Crippen LogP contribution in [0.15, 0.2) is 23.3 Å². The van der Waals surface area contributed by atoms with E-state index in [-0.39, 0.29) is 40.7 Å². The lowest BCUT2D eigenvalue weighted by molar-refractivity contribution is -0.144. The zero-order valence-electron chi connectivity index (χ0n) is 21.5. The predicted octanol–water partition coefficient (Wildman–Crippen LogP) is 5.37. The molecule has 0 heterocycles. The largest absolute Gasteiger partial charge is 0.481 e. The third-order valence-electron chi connectivity index (χ3n) is 10.7. The molecule has 34 heavy (non-hydrogen) atoms. The smallest absolute Gasteiger partial charge is 0.310 e. The van der Waals surface area contributed by atoms with E-state index in [2.05, 4.69) is 27.4 Å². The first-order valence-corrected chi connectivity index (χ1v) is 13.3. The van der Waals surface area contributed by atoms with Crippen LogP contribution in [-0.4, -0.2) is 33.9 Å². The van der Waals surface area contributed by atoms with Crippen LogP contribution in [0.1, 0.15) is 86.0 Å². The monoisotopic (exact) mass is 470 g/mol. The second kappa shape index (κ2) is 8.72. The van der Waals surface area contributed by atoms with Gasteiger partial charge in [0.2, 0.25) is 0 Å². The van der Waals surface area contributed by atoms with Crippen molar-refractivity contribution < 1.29 is 24.6 Å². The number of ketones is 2. The van der Waals surface area contributed by atoms with Crippen LogP contribution in [0.4, 0.5) is 0 Å². The highest BCUT2D eigenvalue weighted by Gasteiger charge is 2.64. The van der Waals surface area contributed by atoms with E-state index in [9.17, 15) is 24.6 Å². The third-order valence-corrected chi connectivity index (χ3v) is 10.7. The molecule has 0 radical (unpaired) electrons. The number of fused-ring (bicyclic) bond motifs is 4. The summed E-state index contributed by atoms with van der Waals surface area (Å²) >= 11 is 0. The Labute approximate surface area is 204 Å². The molecule has 9 atom stereocenters. The number of carboxylic acid groups (broad SMARTS) is 1. The van der Waals surface area contributed by atoms with Crippen molar-refractivity contribution in [2.24, 2.45) is 46.3 Å². The molecule has 0 aromatic carbocycles. The zero-order valence-corrected chi connectivity index (χ0v) is 21.5. The van der Waals surface area contributed by atoms with Crippen LogP contribution < -0.4 is 0 Å². The summed E-state index contributed by atoms with van der Waals surface area (Å²) in [7, 11) is 0. The van der Waals surface area contributed by atoms with Crippen LogP contribution in [0.2, 0.25) is 0 Å². The molecule has 4 aliphatic carbocycles. The van der Waals surface area contributed by atoms with Crippen LogP contribution in [0.5, 0.6) is 0 Å². The molecule has 4 rings (SSSR count). The van der Waals surface area contributed by atoms with Gasteiger partial charge < -0.3 is 10.2 Å². The normalized spacial score (nSPS) is 41.4. The third kappa shape index (κ3) is 3.56. The van der Waals surface area contributed by atoms with Gasteiger partial charge in [0.1, 0.15) is 6.10 Å². The van der Waals surface area contributed by atoms with Crippen molar-refractivity contribution in [3.05, 3.63) is 23.3 Å². The molecule has 2 N–H and O–H groups in total.